The van der Waals surface area contributed by atoms with Crippen LogP contribution in [0.1, 0.15) is 44.7 Å². The molecule has 0 saturated heterocycles. The fourth-order valence-electron chi connectivity index (χ4n) is 2.00. The van der Waals surface area contributed by atoms with Crippen molar-refractivity contribution in [1.29, 1.82) is 0 Å². The fourth-order valence-corrected chi connectivity index (χ4v) is 2.67. The molecule has 0 unspecified atom stereocenters. The minimum Gasteiger partial charge on any atom is -0.504 e. The molecule has 0 bridgehead atoms. The van der Waals surface area contributed by atoms with Gasteiger partial charge in [-0.15, -0.1) is 0 Å². The second-order valence-corrected chi connectivity index (χ2v) is 6.72. The molecule has 2 aromatic carbocycles. The van der Waals surface area contributed by atoms with Crippen LogP contribution in [0.4, 0.5) is 18.9 Å². The molecule has 0 aliphatic carbocycles. The van der Waals surface area contributed by atoms with Crippen LogP contribution in [0.2, 0.25) is 5.02 Å². The van der Waals surface area contributed by atoms with Gasteiger partial charge in [-0.05, 0) is 30.2 Å². The Kier molecular flexibility index (Phi) is 8.09. The number of alkyl halides is 3. The second-order valence-electron chi connectivity index (χ2n) is 5.39. The van der Waals surface area contributed by atoms with Crippen LogP contribution in [0.15, 0.2) is 34.8 Å². The lowest BCUT2D eigenvalue weighted by Gasteiger charge is -2.16. The topological polar surface area (TPSA) is 41.5 Å². The van der Waals surface area contributed by atoms with Gasteiger partial charge >= 0.3 is 6.18 Å². The quantitative estimate of drug-likeness (QED) is 0.473. The smallest absolute Gasteiger partial charge is 0.416 e. The highest BCUT2D eigenvalue weighted by Gasteiger charge is 2.31. The minimum atomic E-state index is -4.47. The molecule has 0 spiro atoms. The van der Waals surface area contributed by atoms with Crippen LogP contribution >= 0.6 is 27.5 Å². The first-order valence-electron chi connectivity index (χ1n) is 7.91. The van der Waals surface area contributed by atoms with Gasteiger partial charge in [0.25, 0.3) is 0 Å². The van der Waals surface area contributed by atoms with Crippen molar-refractivity contribution in [1.82, 2.24) is 0 Å². The van der Waals surface area contributed by atoms with Crippen LogP contribution in [0.25, 0.3) is 0 Å². The van der Waals surface area contributed by atoms with Crippen molar-refractivity contribution >= 4 is 33.2 Å². The van der Waals surface area contributed by atoms with E-state index in [0.717, 1.165) is 18.2 Å². The maximum Gasteiger partial charge on any atom is 0.416 e. The van der Waals surface area contributed by atoms with E-state index in [2.05, 4.69) is 21.4 Å². The maximum absolute atomic E-state index is 12.6. The van der Waals surface area contributed by atoms with Gasteiger partial charge in [0.2, 0.25) is 0 Å². The monoisotopic (exact) mass is 453 g/mol. The average Bonchev–Trinajstić information content (AvgIpc) is 2.56. The van der Waals surface area contributed by atoms with E-state index in [1.165, 1.54) is 6.07 Å². The van der Waals surface area contributed by atoms with E-state index in [1.54, 1.807) is 6.07 Å². The van der Waals surface area contributed by atoms with Crippen LogP contribution in [0.3, 0.4) is 0 Å². The van der Waals surface area contributed by atoms with Gasteiger partial charge in [-0.2, -0.15) is 13.2 Å². The van der Waals surface area contributed by atoms with E-state index in [4.69, 9.17) is 16.4 Å². The molecule has 2 rings (SSSR count). The number of aromatic hydroxyl groups is 1. The number of hydrogen-bond donors (Lipinski definition) is 2. The summed E-state index contributed by atoms with van der Waals surface area (Å²) in [4.78, 5) is 5.31. The summed E-state index contributed by atoms with van der Waals surface area (Å²) >= 11 is 9.16. The predicted octanol–water partition coefficient (Wildman–Crippen LogP) is 7.38. The highest BCUT2D eigenvalue weighted by atomic mass is 79.9. The van der Waals surface area contributed by atoms with Gasteiger partial charge in [0, 0.05) is 16.1 Å². The van der Waals surface area contributed by atoms with Gasteiger partial charge in [0.15, 0.2) is 11.5 Å². The lowest BCUT2D eigenvalue weighted by Crippen LogP contribution is -2.08. The highest BCUT2D eigenvalue weighted by molar-refractivity contribution is 9.10. The van der Waals surface area contributed by atoms with Gasteiger partial charge in [-0.1, -0.05) is 55.2 Å². The summed E-state index contributed by atoms with van der Waals surface area (Å²) in [5.74, 6) is 0.132. The first-order valence-corrected chi connectivity index (χ1v) is 9.08. The Morgan fingerprint density at radius 2 is 1.77 bits per heavy atom. The summed E-state index contributed by atoms with van der Waals surface area (Å²) in [6.45, 7) is 7.82. The fraction of sp³-hybridized carbons (Fsp3) is 0.333. The molecular weight excluding hydrogens is 435 g/mol. The summed E-state index contributed by atoms with van der Waals surface area (Å²) in [7, 11) is 0. The average molecular weight is 455 g/mol. The molecule has 2 N–H and O–H groups in total. The third kappa shape index (κ3) is 5.71. The lowest BCUT2D eigenvalue weighted by molar-refractivity contribution is -0.137. The van der Waals surface area contributed by atoms with Crippen LogP contribution < -0.4 is 10.3 Å². The number of phenols is 1. The molecule has 26 heavy (non-hydrogen) atoms. The molecule has 0 aliphatic rings. The number of benzene rings is 2. The molecule has 0 aliphatic heterocycles. The summed E-state index contributed by atoms with van der Waals surface area (Å²) in [6.07, 6.45) is -4.47. The first-order chi connectivity index (χ1) is 12.1. The molecule has 0 saturated carbocycles. The largest absolute Gasteiger partial charge is 0.504 e. The number of halogens is 5. The minimum absolute atomic E-state index is 0.0521. The molecular formula is C18H20BrClF3NO2. The number of phenolic OH excluding ortho intramolecular Hbond substituents is 1. The molecule has 0 fully saturated rings. The van der Waals surface area contributed by atoms with Crippen molar-refractivity contribution in [3.05, 3.63) is 51.0 Å². The zero-order chi connectivity index (χ0) is 20.1. The van der Waals surface area contributed by atoms with Crippen molar-refractivity contribution in [3.8, 4) is 11.5 Å². The Hall–Kier alpha value is -1.60. The SMILES string of the molecule is CC.CC(C)c1cc(Br)cc(ONc2ccc(C(F)(F)F)cc2Cl)c1O. The van der Waals surface area contributed by atoms with Gasteiger partial charge in [0.05, 0.1) is 16.3 Å². The molecule has 0 aromatic heterocycles. The molecule has 0 heterocycles. The van der Waals surface area contributed by atoms with E-state index in [1.807, 2.05) is 27.7 Å². The van der Waals surface area contributed by atoms with E-state index >= 15 is 0 Å². The molecule has 3 nitrogen and oxygen atoms in total. The number of rotatable bonds is 4. The van der Waals surface area contributed by atoms with E-state index in [0.29, 0.717) is 10.0 Å². The van der Waals surface area contributed by atoms with Crippen molar-refractivity contribution in [2.75, 3.05) is 5.48 Å². The first kappa shape index (κ1) is 22.4. The third-order valence-electron chi connectivity index (χ3n) is 3.26. The number of anilines is 1. The number of nitrogens with one attached hydrogen (secondary N) is 1. The van der Waals surface area contributed by atoms with Gasteiger partial charge in [-0.3, -0.25) is 0 Å². The van der Waals surface area contributed by atoms with E-state index in [-0.39, 0.29) is 28.1 Å². The Morgan fingerprint density at radius 3 is 2.27 bits per heavy atom. The van der Waals surface area contributed by atoms with Crippen LogP contribution in [-0.4, -0.2) is 5.11 Å². The molecule has 0 amide bonds. The predicted molar refractivity (Wildman–Crippen MR) is 102 cm³/mol. The summed E-state index contributed by atoms with van der Waals surface area (Å²) < 4.78 is 38.6. The summed E-state index contributed by atoms with van der Waals surface area (Å²) in [5, 5.41) is 10.1. The Balaban J connectivity index is 0.00000163. The maximum atomic E-state index is 12.6. The molecule has 8 heteroatoms. The number of hydrogen-bond acceptors (Lipinski definition) is 3. The zero-order valence-electron chi connectivity index (χ0n) is 14.7. The standard InChI is InChI=1S/C16H14BrClF3NO2.C2H6/c1-8(2)11-6-10(17)7-14(15(11)23)24-22-13-4-3-9(5-12(13)18)16(19,20)21;1-2/h3-8,22-23H,1-2H3;1-2H3. The van der Waals surface area contributed by atoms with Crippen molar-refractivity contribution < 1.29 is 23.1 Å². The van der Waals surface area contributed by atoms with Crippen molar-refractivity contribution in [3.63, 3.8) is 0 Å². The lowest BCUT2D eigenvalue weighted by atomic mass is 10.0. The summed E-state index contributed by atoms with van der Waals surface area (Å²) in [5.41, 5.74) is 2.42. The Labute approximate surface area is 164 Å². The summed E-state index contributed by atoms with van der Waals surface area (Å²) in [6, 6.07) is 6.14. The normalized spacial score (nSPS) is 11.0. The van der Waals surface area contributed by atoms with Crippen molar-refractivity contribution in [2.45, 2.75) is 39.8 Å². The van der Waals surface area contributed by atoms with E-state index in [9.17, 15) is 18.3 Å². The van der Waals surface area contributed by atoms with Gasteiger partial charge in [0.1, 0.15) is 0 Å². The van der Waals surface area contributed by atoms with Gasteiger partial charge < -0.3 is 9.94 Å². The van der Waals surface area contributed by atoms with E-state index < -0.39 is 11.7 Å². The Morgan fingerprint density at radius 1 is 1.15 bits per heavy atom. The van der Waals surface area contributed by atoms with Crippen LogP contribution in [0, 0.1) is 0 Å². The van der Waals surface area contributed by atoms with Crippen LogP contribution in [0.5, 0.6) is 11.5 Å². The van der Waals surface area contributed by atoms with Crippen LogP contribution in [-0.2, 0) is 6.18 Å². The molecule has 0 atom stereocenters. The zero-order valence-corrected chi connectivity index (χ0v) is 17.1. The third-order valence-corrected chi connectivity index (χ3v) is 4.03. The van der Waals surface area contributed by atoms with Crippen molar-refractivity contribution in [2.24, 2.45) is 0 Å². The Bertz CT molecular complexity index is 752. The van der Waals surface area contributed by atoms with Gasteiger partial charge in [-0.25, -0.2) is 5.48 Å². The molecule has 144 valence electrons. The molecule has 0 radical (unpaired) electrons. The molecule has 2 aromatic rings. The highest BCUT2D eigenvalue weighted by Crippen LogP contribution is 2.38. The second kappa shape index (κ2) is 9.37.